The number of hydrogen-bond donors (Lipinski definition) is 1. The number of benzene rings is 1. The second-order valence-corrected chi connectivity index (χ2v) is 6.88. The van der Waals surface area contributed by atoms with Gasteiger partial charge in [-0.3, -0.25) is 4.79 Å². The third-order valence-corrected chi connectivity index (χ3v) is 4.18. The van der Waals surface area contributed by atoms with Crippen LogP contribution in [0.5, 0.6) is 5.75 Å². The van der Waals surface area contributed by atoms with Crippen molar-refractivity contribution in [3.05, 3.63) is 28.8 Å². The van der Waals surface area contributed by atoms with Gasteiger partial charge in [-0.05, 0) is 44.9 Å². The van der Waals surface area contributed by atoms with Gasteiger partial charge in [-0.15, -0.1) is 0 Å². The first-order chi connectivity index (χ1) is 9.75. The van der Waals surface area contributed by atoms with Gasteiger partial charge >= 0.3 is 0 Å². The molecule has 1 aromatic rings. The lowest BCUT2D eigenvalue weighted by atomic mass is 9.86. The molecule has 21 heavy (non-hydrogen) atoms. The molecule has 2 N–H and O–H groups in total. The van der Waals surface area contributed by atoms with E-state index in [1.165, 1.54) is 0 Å². The van der Waals surface area contributed by atoms with E-state index in [0.717, 1.165) is 5.56 Å². The zero-order chi connectivity index (χ0) is 15.8. The van der Waals surface area contributed by atoms with Crippen LogP contribution in [0.25, 0.3) is 0 Å². The van der Waals surface area contributed by atoms with Crippen molar-refractivity contribution in [1.29, 1.82) is 0 Å². The first kappa shape index (κ1) is 16.1. The molecular formula is C16H23ClN2O2. The maximum Gasteiger partial charge on any atom is 0.223 e. The molecule has 0 saturated carbocycles. The van der Waals surface area contributed by atoms with Gasteiger partial charge in [0.05, 0.1) is 18.2 Å². The summed E-state index contributed by atoms with van der Waals surface area (Å²) >= 11 is 6.23. The van der Waals surface area contributed by atoms with Crippen LogP contribution in [0.1, 0.15) is 45.2 Å². The third-order valence-electron chi connectivity index (χ3n) is 3.88. The number of ether oxygens (including phenoxy) is 1. The standard InChI is InChI=1S/C16H23ClN2O2/c1-16(2,3)19-14(20)8-6-12(18)15(19)10-5-7-13(21-4)11(17)9-10/h5,7,9,12,15H,6,8,18H2,1-4H3. The van der Waals surface area contributed by atoms with Crippen molar-refractivity contribution >= 4 is 17.5 Å². The number of halogens is 1. The van der Waals surface area contributed by atoms with Gasteiger partial charge in [0.15, 0.2) is 0 Å². The third kappa shape index (κ3) is 3.16. The van der Waals surface area contributed by atoms with E-state index in [0.29, 0.717) is 23.6 Å². The summed E-state index contributed by atoms with van der Waals surface area (Å²) in [6.45, 7) is 6.09. The molecular weight excluding hydrogens is 288 g/mol. The predicted octanol–water partition coefficient (Wildman–Crippen LogP) is 3.14. The van der Waals surface area contributed by atoms with E-state index < -0.39 is 0 Å². The van der Waals surface area contributed by atoms with Crippen LogP contribution in [-0.4, -0.2) is 29.5 Å². The molecule has 0 spiro atoms. The summed E-state index contributed by atoms with van der Waals surface area (Å²) in [5.74, 6) is 0.763. The van der Waals surface area contributed by atoms with Crippen molar-refractivity contribution in [2.75, 3.05) is 7.11 Å². The van der Waals surface area contributed by atoms with E-state index in [2.05, 4.69) is 0 Å². The highest BCUT2D eigenvalue weighted by Crippen LogP contribution is 2.38. The van der Waals surface area contributed by atoms with Crippen molar-refractivity contribution in [1.82, 2.24) is 4.90 Å². The average molecular weight is 311 g/mol. The van der Waals surface area contributed by atoms with Crippen LogP contribution in [0.2, 0.25) is 5.02 Å². The Balaban J connectivity index is 2.46. The average Bonchev–Trinajstić information content (AvgIpc) is 2.39. The molecule has 0 radical (unpaired) electrons. The molecule has 1 aromatic carbocycles. The van der Waals surface area contributed by atoms with Gasteiger partial charge in [-0.1, -0.05) is 17.7 Å². The number of nitrogens with two attached hydrogens (primary N) is 1. The lowest BCUT2D eigenvalue weighted by Gasteiger charge is -2.47. The summed E-state index contributed by atoms with van der Waals surface area (Å²) < 4.78 is 5.19. The Labute approximate surface area is 131 Å². The molecule has 1 aliphatic heterocycles. The van der Waals surface area contributed by atoms with Crippen LogP contribution in [0.15, 0.2) is 18.2 Å². The molecule has 2 atom stereocenters. The van der Waals surface area contributed by atoms with Crippen LogP contribution in [-0.2, 0) is 4.79 Å². The number of nitrogens with zero attached hydrogens (tertiary/aromatic N) is 1. The molecule has 2 unspecified atom stereocenters. The summed E-state index contributed by atoms with van der Waals surface area (Å²) in [5.41, 5.74) is 6.98. The summed E-state index contributed by atoms with van der Waals surface area (Å²) in [4.78, 5) is 14.3. The number of rotatable bonds is 2. The number of carbonyl (C=O) groups is 1. The Bertz CT molecular complexity index is 540. The summed E-state index contributed by atoms with van der Waals surface area (Å²) in [6, 6.07) is 5.36. The fraction of sp³-hybridized carbons (Fsp3) is 0.562. The summed E-state index contributed by atoms with van der Waals surface area (Å²) in [7, 11) is 1.58. The van der Waals surface area contributed by atoms with E-state index in [1.54, 1.807) is 7.11 Å². The molecule has 5 heteroatoms. The molecule has 0 bridgehead atoms. The number of methoxy groups -OCH3 is 1. The number of hydrogen-bond acceptors (Lipinski definition) is 3. The van der Waals surface area contributed by atoms with E-state index in [-0.39, 0.29) is 23.5 Å². The Hall–Kier alpha value is -1.26. The highest BCUT2D eigenvalue weighted by molar-refractivity contribution is 6.32. The Kier molecular flexibility index (Phi) is 4.49. The quantitative estimate of drug-likeness (QED) is 0.913. The number of likely N-dealkylation sites (tertiary alicyclic amines) is 1. The molecule has 0 aliphatic carbocycles. The summed E-state index contributed by atoms with van der Waals surface area (Å²) in [6.07, 6.45) is 1.19. The largest absolute Gasteiger partial charge is 0.495 e. The molecule has 0 aromatic heterocycles. The van der Waals surface area contributed by atoms with E-state index in [1.807, 2.05) is 43.9 Å². The molecule has 4 nitrogen and oxygen atoms in total. The first-order valence-electron chi connectivity index (χ1n) is 7.17. The molecule has 116 valence electrons. The van der Waals surface area contributed by atoms with Gasteiger partial charge in [0.2, 0.25) is 5.91 Å². The molecule has 1 fully saturated rings. The van der Waals surface area contributed by atoms with Crippen molar-refractivity contribution < 1.29 is 9.53 Å². The van der Waals surface area contributed by atoms with E-state index in [9.17, 15) is 4.79 Å². The second kappa shape index (κ2) is 5.85. The maximum absolute atomic E-state index is 12.4. The number of amides is 1. The number of carbonyl (C=O) groups excluding carboxylic acids is 1. The van der Waals surface area contributed by atoms with E-state index >= 15 is 0 Å². The molecule has 1 aliphatic rings. The van der Waals surface area contributed by atoms with Gasteiger partial charge in [-0.2, -0.15) is 0 Å². The lowest BCUT2D eigenvalue weighted by Crippen LogP contribution is -2.56. The highest BCUT2D eigenvalue weighted by atomic mass is 35.5. The Morgan fingerprint density at radius 3 is 2.57 bits per heavy atom. The van der Waals surface area contributed by atoms with Crippen molar-refractivity contribution in [2.24, 2.45) is 5.73 Å². The van der Waals surface area contributed by atoms with Gasteiger partial charge in [-0.25, -0.2) is 0 Å². The van der Waals surface area contributed by atoms with E-state index in [4.69, 9.17) is 22.1 Å². The Morgan fingerprint density at radius 2 is 2.05 bits per heavy atom. The zero-order valence-electron chi connectivity index (χ0n) is 13.0. The van der Waals surface area contributed by atoms with Gasteiger partial charge in [0, 0.05) is 18.0 Å². The smallest absolute Gasteiger partial charge is 0.223 e. The van der Waals surface area contributed by atoms with Crippen molar-refractivity contribution in [3.8, 4) is 5.75 Å². The predicted molar refractivity (Wildman–Crippen MR) is 84.6 cm³/mol. The van der Waals surface area contributed by atoms with Crippen LogP contribution in [0, 0.1) is 0 Å². The molecule has 1 saturated heterocycles. The maximum atomic E-state index is 12.4. The van der Waals surface area contributed by atoms with Gasteiger partial charge < -0.3 is 15.4 Å². The van der Waals surface area contributed by atoms with Crippen LogP contribution < -0.4 is 10.5 Å². The minimum Gasteiger partial charge on any atom is -0.495 e. The monoisotopic (exact) mass is 310 g/mol. The lowest BCUT2D eigenvalue weighted by molar-refractivity contribution is -0.144. The van der Waals surface area contributed by atoms with Crippen LogP contribution in [0.4, 0.5) is 0 Å². The normalized spacial score (nSPS) is 23.3. The molecule has 2 rings (SSSR count). The fourth-order valence-electron chi connectivity index (χ4n) is 2.97. The van der Waals surface area contributed by atoms with Gasteiger partial charge in [0.1, 0.15) is 5.75 Å². The molecule has 1 heterocycles. The SMILES string of the molecule is COc1ccc(C2C(N)CCC(=O)N2C(C)(C)C)cc1Cl. The summed E-state index contributed by atoms with van der Waals surface area (Å²) in [5, 5.41) is 0.536. The zero-order valence-corrected chi connectivity index (χ0v) is 13.8. The van der Waals surface area contributed by atoms with Crippen LogP contribution >= 0.6 is 11.6 Å². The fourth-order valence-corrected chi connectivity index (χ4v) is 3.24. The van der Waals surface area contributed by atoms with Crippen molar-refractivity contribution in [2.45, 2.75) is 51.2 Å². The van der Waals surface area contributed by atoms with Gasteiger partial charge in [0.25, 0.3) is 0 Å². The first-order valence-corrected chi connectivity index (χ1v) is 7.54. The Morgan fingerprint density at radius 1 is 1.38 bits per heavy atom. The minimum absolute atomic E-state index is 0.0913. The highest BCUT2D eigenvalue weighted by Gasteiger charge is 2.40. The van der Waals surface area contributed by atoms with Crippen LogP contribution in [0.3, 0.4) is 0 Å². The number of piperidine rings is 1. The second-order valence-electron chi connectivity index (χ2n) is 6.48. The minimum atomic E-state index is -0.286. The van der Waals surface area contributed by atoms with Crippen molar-refractivity contribution in [3.63, 3.8) is 0 Å². The molecule has 1 amide bonds. The topological polar surface area (TPSA) is 55.6 Å².